The van der Waals surface area contributed by atoms with Crippen LogP contribution in [0.5, 0.6) is 0 Å². The van der Waals surface area contributed by atoms with Gasteiger partial charge in [-0.25, -0.2) is 0 Å². The molecule has 6 nitrogen and oxygen atoms in total. The lowest BCUT2D eigenvalue weighted by atomic mass is 9.61. The summed E-state index contributed by atoms with van der Waals surface area (Å²) in [5.74, 6) is 0.393. The number of nitrogens with two attached hydrogens (primary N) is 1. The Balaban J connectivity index is 1.94. The molecule has 2 aliphatic rings. The van der Waals surface area contributed by atoms with Gasteiger partial charge in [-0.05, 0) is 45.2 Å². The SMILES string of the molecule is CC1CC(C(=O)NCC2CCCN2C)(C(N)=NO)C1. The average molecular weight is 268 g/mol. The molecule has 0 aromatic heterocycles. The highest BCUT2D eigenvalue weighted by atomic mass is 16.4. The van der Waals surface area contributed by atoms with Gasteiger partial charge in [-0.1, -0.05) is 12.1 Å². The minimum atomic E-state index is -0.786. The van der Waals surface area contributed by atoms with Crippen molar-refractivity contribution in [2.24, 2.45) is 22.2 Å². The summed E-state index contributed by atoms with van der Waals surface area (Å²) in [7, 11) is 2.08. The van der Waals surface area contributed by atoms with Crippen LogP contribution in [0.4, 0.5) is 0 Å². The first-order chi connectivity index (χ1) is 8.99. The number of amidine groups is 1. The maximum absolute atomic E-state index is 12.4. The minimum Gasteiger partial charge on any atom is -0.409 e. The van der Waals surface area contributed by atoms with Gasteiger partial charge >= 0.3 is 0 Å². The van der Waals surface area contributed by atoms with Crippen molar-refractivity contribution in [1.29, 1.82) is 0 Å². The summed E-state index contributed by atoms with van der Waals surface area (Å²) < 4.78 is 0. The summed E-state index contributed by atoms with van der Waals surface area (Å²) in [6, 6.07) is 0.408. The summed E-state index contributed by atoms with van der Waals surface area (Å²) in [6.07, 6.45) is 3.62. The van der Waals surface area contributed by atoms with Gasteiger partial charge < -0.3 is 21.2 Å². The third-order valence-corrected chi connectivity index (χ3v) is 4.60. The van der Waals surface area contributed by atoms with Crippen LogP contribution < -0.4 is 11.1 Å². The number of likely N-dealkylation sites (tertiary alicyclic amines) is 1. The molecule has 1 saturated heterocycles. The molecular weight excluding hydrogens is 244 g/mol. The molecule has 1 aliphatic heterocycles. The summed E-state index contributed by atoms with van der Waals surface area (Å²) in [5, 5.41) is 14.9. The molecule has 1 heterocycles. The van der Waals surface area contributed by atoms with E-state index in [1.165, 1.54) is 6.42 Å². The van der Waals surface area contributed by atoms with E-state index in [0.717, 1.165) is 13.0 Å². The molecule has 1 amide bonds. The zero-order valence-corrected chi connectivity index (χ0v) is 11.7. The van der Waals surface area contributed by atoms with E-state index in [1.54, 1.807) is 0 Å². The van der Waals surface area contributed by atoms with Gasteiger partial charge in [-0.2, -0.15) is 0 Å². The van der Waals surface area contributed by atoms with Gasteiger partial charge in [0.1, 0.15) is 5.41 Å². The Bertz CT molecular complexity index is 377. The summed E-state index contributed by atoms with van der Waals surface area (Å²) in [5.41, 5.74) is 4.93. The topological polar surface area (TPSA) is 91.0 Å². The Morgan fingerprint density at radius 3 is 2.74 bits per heavy atom. The number of carbonyl (C=O) groups is 1. The number of hydrogen-bond acceptors (Lipinski definition) is 4. The number of likely N-dealkylation sites (N-methyl/N-ethyl adjacent to an activating group) is 1. The van der Waals surface area contributed by atoms with E-state index < -0.39 is 5.41 Å². The molecule has 108 valence electrons. The molecule has 2 fully saturated rings. The number of carbonyl (C=O) groups excluding carboxylic acids is 1. The Morgan fingerprint density at radius 2 is 2.26 bits per heavy atom. The van der Waals surface area contributed by atoms with Crippen molar-refractivity contribution < 1.29 is 10.0 Å². The van der Waals surface area contributed by atoms with Crippen LogP contribution in [0, 0.1) is 11.3 Å². The van der Waals surface area contributed by atoms with E-state index >= 15 is 0 Å². The third-order valence-electron chi connectivity index (χ3n) is 4.60. The molecule has 19 heavy (non-hydrogen) atoms. The highest BCUT2D eigenvalue weighted by Crippen LogP contribution is 2.45. The predicted molar refractivity (Wildman–Crippen MR) is 72.9 cm³/mol. The number of nitrogens with zero attached hydrogens (tertiary/aromatic N) is 2. The second kappa shape index (κ2) is 5.36. The van der Waals surface area contributed by atoms with E-state index in [1.807, 2.05) is 0 Å². The number of hydrogen-bond donors (Lipinski definition) is 3. The molecule has 0 bridgehead atoms. The Hall–Kier alpha value is -1.30. The standard InChI is InChI=1S/C13H24N4O2/c1-9-6-13(7-9,11(14)16-19)12(18)15-8-10-4-3-5-17(10)2/h9-10,19H,3-8H2,1-2H3,(H2,14,16)(H,15,18). The number of rotatable bonds is 4. The van der Waals surface area contributed by atoms with Crippen molar-refractivity contribution in [1.82, 2.24) is 10.2 Å². The summed E-state index contributed by atoms with van der Waals surface area (Å²) in [6.45, 7) is 3.80. The zero-order valence-electron chi connectivity index (χ0n) is 11.7. The summed E-state index contributed by atoms with van der Waals surface area (Å²) >= 11 is 0. The van der Waals surface area contributed by atoms with E-state index in [0.29, 0.717) is 31.3 Å². The lowest BCUT2D eigenvalue weighted by Crippen LogP contribution is -2.57. The molecule has 1 saturated carbocycles. The maximum atomic E-state index is 12.4. The lowest BCUT2D eigenvalue weighted by Gasteiger charge is -2.43. The second-order valence-electron chi connectivity index (χ2n) is 6.07. The van der Waals surface area contributed by atoms with Crippen molar-refractivity contribution in [2.75, 3.05) is 20.1 Å². The fourth-order valence-corrected chi connectivity index (χ4v) is 3.35. The van der Waals surface area contributed by atoms with Gasteiger partial charge in [0, 0.05) is 12.6 Å². The van der Waals surface area contributed by atoms with Crippen molar-refractivity contribution >= 4 is 11.7 Å². The molecular formula is C13H24N4O2. The van der Waals surface area contributed by atoms with Crippen molar-refractivity contribution in [2.45, 2.75) is 38.6 Å². The van der Waals surface area contributed by atoms with Crippen LogP contribution in [0.2, 0.25) is 0 Å². The number of amides is 1. The van der Waals surface area contributed by atoms with Gasteiger partial charge in [0.25, 0.3) is 0 Å². The summed E-state index contributed by atoms with van der Waals surface area (Å²) in [4.78, 5) is 14.6. The second-order valence-corrected chi connectivity index (χ2v) is 6.07. The van der Waals surface area contributed by atoms with Crippen LogP contribution in [-0.4, -0.2) is 48.0 Å². The molecule has 1 unspecified atom stereocenters. The smallest absolute Gasteiger partial charge is 0.234 e. The van der Waals surface area contributed by atoms with E-state index in [2.05, 4.69) is 29.3 Å². The van der Waals surface area contributed by atoms with Crippen LogP contribution >= 0.6 is 0 Å². The number of nitrogens with one attached hydrogen (secondary N) is 1. The van der Waals surface area contributed by atoms with Crippen molar-refractivity contribution in [3.05, 3.63) is 0 Å². The molecule has 1 aliphatic carbocycles. The quantitative estimate of drug-likeness (QED) is 0.297. The fourth-order valence-electron chi connectivity index (χ4n) is 3.35. The largest absolute Gasteiger partial charge is 0.409 e. The molecule has 6 heteroatoms. The highest BCUT2D eigenvalue weighted by molar-refractivity contribution is 6.07. The average Bonchev–Trinajstić information content (AvgIpc) is 2.76. The van der Waals surface area contributed by atoms with Gasteiger partial charge in [-0.3, -0.25) is 4.79 Å². The molecule has 1 atom stereocenters. The molecule has 0 aromatic rings. The lowest BCUT2D eigenvalue weighted by molar-refractivity contribution is -0.133. The first kappa shape index (κ1) is 14.1. The van der Waals surface area contributed by atoms with Crippen molar-refractivity contribution in [3.63, 3.8) is 0 Å². The van der Waals surface area contributed by atoms with Crippen molar-refractivity contribution in [3.8, 4) is 0 Å². The fraction of sp³-hybridized carbons (Fsp3) is 0.846. The predicted octanol–water partition coefficient (Wildman–Crippen LogP) is 0.360. The monoisotopic (exact) mass is 268 g/mol. The van der Waals surface area contributed by atoms with Gasteiger partial charge in [0.15, 0.2) is 5.84 Å². The third kappa shape index (κ3) is 2.54. The first-order valence-corrected chi connectivity index (χ1v) is 6.96. The van der Waals surface area contributed by atoms with Crippen LogP contribution in [0.25, 0.3) is 0 Å². The van der Waals surface area contributed by atoms with E-state index in [-0.39, 0.29) is 11.7 Å². The Kier molecular flexibility index (Phi) is 3.99. The van der Waals surface area contributed by atoms with E-state index in [4.69, 9.17) is 10.9 Å². The molecule has 0 spiro atoms. The molecule has 4 N–H and O–H groups in total. The first-order valence-electron chi connectivity index (χ1n) is 6.96. The Labute approximate surface area is 114 Å². The molecule has 0 radical (unpaired) electrons. The molecule has 2 rings (SSSR count). The van der Waals surface area contributed by atoms with Gasteiger partial charge in [0.05, 0.1) is 0 Å². The van der Waals surface area contributed by atoms with E-state index in [9.17, 15) is 4.79 Å². The highest BCUT2D eigenvalue weighted by Gasteiger charge is 2.52. The van der Waals surface area contributed by atoms with Crippen LogP contribution in [-0.2, 0) is 4.79 Å². The van der Waals surface area contributed by atoms with Crippen LogP contribution in [0.3, 0.4) is 0 Å². The van der Waals surface area contributed by atoms with Gasteiger partial charge in [0.2, 0.25) is 5.91 Å². The minimum absolute atomic E-state index is 0.0443. The Morgan fingerprint density at radius 1 is 1.58 bits per heavy atom. The zero-order chi connectivity index (χ0) is 14.0. The normalized spacial score (nSPS) is 36.0. The van der Waals surface area contributed by atoms with Crippen LogP contribution in [0.15, 0.2) is 5.16 Å². The molecule has 0 aromatic carbocycles. The van der Waals surface area contributed by atoms with Gasteiger partial charge in [-0.15, -0.1) is 0 Å². The van der Waals surface area contributed by atoms with Crippen LogP contribution in [0.1, 0.15) is 32.6 Å². The number of oxime groups is 1. The maximum Gasteiger partial charge on any atom is 0.234 e.